The van der Waals surface area contributed by atoms with Crippen LogP contribution in [-0.2, 0) is 24.9 Å². The fourth-order valence-electron chi connectivity index (χ4n) is 3.88. The molecule has 1 N–H and O–H groups in total. The van der Waals surface area contributed by atoms with E-state index in [0.29, 0.717) is 5.92 Å². The summed E-state index contributed by atoms with van der Waals surface area (Å²) in [5, 5.41) is 10.9. The predicted molar refractivity (Wildman–Crippen MR) is 154 cm³/mol. The molecule has 37 heavy (non-hydrogen) atoms. The van der Waals surface area contributed by atoms with E-state index in [1.807, 2.05) is 41.5 Å². The molecule has 3 nitrogen and oxygen atoms in total. The van der Waals surface area contributed by atoms with Crippen molar-refractivity contribution in [2.75, 3.05) is 0 Å². The van der Waals surface area contributed by atoms with Crippen molar-refractivity contribution >= 4 is 16.7 Å². The molecule has 1 aromatic heterocycles. The van der Waals surface area contributed by atoms with Gasteiger partial charge in [-0.25, -0.2) is 0 Å². The summed E-state index contributed by atoms with van der Waals surface area (Å²) in [5.74, 6) is 0.658. The Morgan fingerprint density at radius 2 is 1.65 bits per heavy atom. The van der Waals surface area contributed by atoms with Crippen molar-refractivity contribution in [1.82, 2.24) is 4.98 Å². The van der Waals surface area contributed by atoms with Gasteiger partial charge in [0.25, 0.3) is 0 Å². The Bertz CT molecular complexity index is 1240. The topological polar surface area (TPSA) is 50.2 Å². The van der Waals surface area contributed by atoms with Gasteiger partial charge in [0.05, 0.1) is 5.52 Å². The molecule has 1 unspecified atom stereocenters. The second-order valence-electron chi connectivity index (χ2n) is 12.0. The summed E-state index contributed by atoms with van der Waals surface area (Å²) < 4.78 is 0. The zero-order valence-corrected chi connectivity index (χ0v) is 26.9. The molecule has 3 aromatic rings. The number of fused-ring (bicyclic) bond motifs is 1. The number of ketones is 1. The number of aliphatic hydroxyl groups is 1. The predicted octanol–water partition coefficient (Wildman–Crippen LogP) is 9.23. The van der Waals surface area contributed by atoms with Crippen LogP contribution in [0.5, 0.6) is 0 Å². The van der Waals surface area contributed by atoms with Crippen LogP contribution in [0.4, 0.5) is 0 Å². The number of aliphatic hydroxyl groups excluding tert-OH is 1. The molecule has 0 aliphatic carbocycles. The summed E-state index contributed by atoms with van der Waals surface area (Å²) in [5.41, 5.74) is 7.55. The summed E-state index contributed by atoms with van der Waals surface area (Å²) in [7, 11) is 0. The maximum Gasteiger partial charge on any atom is 0.164 e. The number of aromatic nitrogens is 1. The van der Waals surface area contributed by atoms with Crippen molar-refractivity contribution in [3.05, 3.63) is 76.6 Å². The van der Waals surface area contributed by atoms with E-state index >= 15 is 0 Å². The normalized spacial score (nSPS) is 12.9. The number of carbonyl (C=O) groups excluding carboxylic acids is 1. The third-order valence-electron chi connectivity index (χ3n) is 6.41. The molecule has 0 fully saturated rings. The van der Waals surface area contributed by atoms with Crippen LogP contribution in [0.15, 0.2) is 48.2 Å². The van der Waals surface area contributed by atoms with Gasteiger partial charge in [-0.1, -0.05) is 87.4 Å². The molecular weight excluding hydrogens is 635 g/mol. The number of allylic oxidation sites excluding steroid dienone is 2. The smallest absolute Gasteiger partial charge is 0.164 e. The fourth-order valence-corrected chi connectivity index (χ4v) is 3.88. The zero-order chi connectivity index (χ0) is 27.4. The molecule has 2 aromatic carbocycles. The van der Waals surface area contributed by atoms with E-state index in [1.54, 1.807) is 0 Å². The second-order valence-corrected chi connectivity index (χ2v) is 12.0. The molecule has 1 radical (unpaired) electrons. The number of aryl methyl sites for hydroxylation is 3. The molecule has 0 bridgehead atoms. The molecule has 1 atom stereocenters. The standard InChI is InChI=1S/C22H24N.C11H20O2.Ir/c1-6-16(4)19-8-7-9-20-22(19)17(5)13-21(23-20)18-11-14(2)10-15(3)12-18;1-10(2,3)8(12)7-9(13)11(4,5)6;/h7-11,13,16H,6H2,1-5H3;7,12H,1-6H3;/q-1;;/b;8-7-;. The summed E-state index contributed by atoms with van der Waals surface area (Å²) in [4.78, 5) is 16.4. The molecule has 0 amide bonds. The van der Waals surface area contributed by atoms with Crippen molar-refractivity contribution < 1.29 is 30.0 Å². The summed E-state index contributed by atoms with van der Waals surface area (Å²) in [6.45, 7) is 22.1. The van der Waals surface area contributed by atoms with Crippen LogP contribution >= 0.6 is 0 Å². The van der Waals surface area contributed by atoms with Crippen molar-refractivity contribution in [2.45, 2.75) is 88.5 Å². The monoisotopic (exact) mass is 679 g/mol. The molecular formula is C33H44IrNO2-. The summed E-state index contributed by atoms with van der Waals surface area (Å²) in [6.07, 6.45) is 2.48. The van der Waals surface area contributed by atoms with Crippen LogP contribution in [0, 0.1) is 37.7 Å². The first-order valence-corrected chi connectivity index (χ1v) is 12.9. The summed E-state index contributed by atoms with van der Waals surface area (Å²) in [6, 6.07) is 16.5. The van der Waals surface area contributed by atoms with E-state index in [1.165, 1.54) is 28.2 Å². The van der Waals surface area contributed by atoms with Gasteiger partial charge in [0, 0.05) is 42.4 Å². The molecule has 0 aliphatic heterocycles. The first kappa shape index (κ1) is 32.7. The third-order valence-corrected chi connectivity index (χ3v) is 6.41. The van der Waals surface area contributed by atoms with Gasteiger partial charge in [-0.2, -0.15) is 0 Å². The Balaban J connectivity index is 0.000000423. The van der Waals surface area contributed by atoms with Gasteiger partial charge in [0.15, 0.2) is 5.78 Å². The molecule has 3 rings (SSSR count). The number of pyridine rings is 1. The first-order chi connectivity index (χ1) is 16.5. The van der Waals surface area contributed by atoms with Gasteiger partial charge in [0.1, 0.15) is 5.76 Å². The van der Waals surface area contributed by atoms with Crippen molar-refractivity contribution in [3.63, 3.8) is 0 Å². The molecule has 0 saturated carbocycles. The number of rotatable bonds is 4. The van der Waals surface area contributed by atoms with Crippen LogP contribution in [0.25, 0.3) is 22.2 Å². The number of nitrogens with zero attached hydrogens (tertiary/aromatic N) is 1. The Morgan fingerprint density at radius 3 is 2.16 bits per heavy atom. The molecule has 0 spiro atoms. The average Bonchev–Trinajstić information content (AvgIpc) is 2.76. The zero-order valence-electron chi connectivity index (χ0n) is 24.5. The number of hydrogen-bond acceptors (Lipinski definition) is 3. The van der Waals surface area contributed by atoms with E-state index < -0.39 is 5.41 Å². The van der Waals surface area contributed by atoms with E-state index in [9.17, 15) is 9.90 Å². The van der Waals surface area contributed by atoms with E-state index in [0.717, 1.165) is 28.8 Å². The first-order valence-electron chi connectivity index (χ1n) is 12.9. The molecule has 0 aliphatic rings. The number of hydrogen-bond donors (Lipinski definition) is 1. The molecule has 0 saturated heterocycles. The Labute approximate surface area is 238 Å². The van der Waals surface area contributed by atoms with Crippen molar-refractivity contribution in [3.8, 4) is 11.3 Å². The maximum atomic E-state index is 11.5. The minimum Gasteiger partial charge on any atom is -0.512 e. The van der Waals surface area contributed by atoms with Gasteiger partial charge >= 0.3 is 0 Å². The van der Waals surface area contributed by atoms with Gasteiger partial charge in [-0.15, -0.1) is 34.9 Å². The summed E-state index contributed by atoms with van der Waals surface area (Å²) >= 11 is 0. The molecule has 1 heterocycles. The Hall–Kier alpha value is -2.29. The molecule has 4 heteroatoms. The quantitative estimate of drug-likeness (QED) is 0.170. The maximum absolute atomic E-state index is 11.5. The average molecular weight is 679 g/mol. The van der Waals surface area contributed by atoms with E-state index in [-0.39, 0.29) is 37.1 Å². The minimum atomic E-state index is -0.417. The van der Waals surface area contributed by atoms with Crippen LogP contribution in [0.2, 0.25) is 0 Å². The number of benzene rings is 2. The van der Waals surface area contributed by atoms with Crippen molar-refractivity contribution in [1.29, 1.82) is 0 Å². The van der Waals surface area contributed by atoms with Gasteiger partial charge < -0.3 is 5.11 Å². The minimum absolute atomic E-state index is 0. The van der Waals surface area contributed by atoms with Gasteiger partial charge in [-0.05, 0) is 42.1 Å². The Morgan fingerprint density at radius 1 is 1.03 bits per heavy atom. The van der Waals surface area contributed by atoms with Crippen LogP contribution in [-0.4, -0.2) is 15.9 Å². The van der Waals surface area contributed by atoms with E-state index in [4.69, 9.17) is 4.98 Å². The van der Waals surface area contributed by atoms with Crippen LogP contribution in [0.1, 0.15) is 90.0 Å². The number of carbonyl (C=O) groups is 1. The van der Waals surface area contributed by atoms with E-state index in [2.05, 4.69) is 77.1 Å². The fraction of sp³-hybridized carbons (Fsp3) is 0.455. The van der Waals surface area contributed by atoms with Crippen LogP contribution in [0.3, 0.4) is 0 Å². The van der Waals surface area contributed by atoms with Crippen molar-refractivity contribution in [2.24, 2.45) is 10.8 Å². The SMILES string of the molecule is CC(C)(C)C(=O)/C=C(\O)C(C)(C)C.CCC(C)c1cccc2nc(-c3[c-]c(C)cc(C)c3)cc(C)c12.[Ir]. The molecule has 203 valence electrons. The second kappa shape index (κ2) is 13.0. The van der Waals surface area contributed by atoms with Gasteiger partial charge in [-0.3, -0.25) is 9.78 Å². The van der Waals surface area contributed by atoms with Crippen LogP contribution < -0.4 is 0 Å². The Kier molecular flexibility index (Phi) is 11.5. The van der Waals surface area contributed by atoms with Gasteiger partial charge in [0.2, 0.25) is 0 Å². The third kappa shape index (κ3) is 8.90. The largest absolute Gasteiger partial charge is 0.512 e.